The Morgan fingerprint density at radius 1 is 1.58 bits per heavy atom. The molecule has 0 aromatic heterocycles. The van der Waals surface area contributed by atoms with Gasteiger partial charge in [0, 0.05) is 34.1 Å². The average Bonchev–Trinajstić information content (AvgIpc) is 2.41. The van der Waals surface area contributed by atoms with Gasteiger partial charge in [0.1, 0.15) is 6.23 Å². The van der Waals surface area contributed by atoms with Crippen LogP contribution < -0.4 is 5.32 Å². The van der Waals surface area contributed by atoms with Crippen LogP contribution in [0, 0.1) is 12.3 Å². The summed E-state index contributed by atoms with van der Waals surface area (Å²) in [6.07, 6.45) is 4.39. The van der Waals surface area contributed by atoms with Crippen LogP contribution in [-0.4, -0.2) is 19.6 Å². The van der Waals surface area contributed by atoms with E-state index in [0.717, 1.165) is 40.5 Å². The minimum absolute atomic E-state index is 0.0654. The van der Waals surface area contributed by atoms with Gasteiger partial charge in [0.15, 0.2) is 0 Å². The maximum absolute atomic E-state index is 7.55. The Morgan fingerprint density at radius 2 is 2.26 bits per heavy atom. The zero-order valence-electron chi connectivity index (χ0n) is 11.5. The van der Waals surface area contributed by atoms with Gasteiger partial charge in [-0.05, 0) is 47.3 Å². The van der Waals surface area contributed by atoms with E-state index in [4.69, 9.17) is 21.7 Å². The molecule has 1 rings (SSSR count). The van der Waals surface area contributed by atoms with Crippen molar-refractivity contribution in [3.05, 3.63) is 26.7 Å². The third kappa shape index (κ3) is 4.20. The number of nitrogens with one attached hydrogen (secondary N) is 2. The summed E-state index contributed by atoms with van der Waals surface area (Å²) < 4.78 is 6.27. The lowest BCUT2D eigenvalue weighted by Crippen LogP contribution is -2.22. The number of hydrogen-bond donors (Lipinski definition) is 2. The minimum Gasteiger partial charge on any atom is -0.362 e. The Kier molecular flexibility index (Phi) is 6.83. The van der Waals surface area contributed by atoms with Crippen molar-refractivity contribution in [2.75, 3.05) is 12.4 Å². The molecule has 2 N–H and O–H groups in total. The van der Waals surface area contributed by atoms with E-state index in [-0.39, 0.29) is 6.23 Å². The molecule has 19 heavy (non-hydrogen) atoms. The number of unbranched alkanes of at least 4 members (excludes halogenated alkanes) is 1. The van der Waals surface area contributed by atoms with Crippen molar-refractivity contribution < 1.29 is 4.74 Å². The van der Waals surface area contributed by atoms with Crippen LogP contribution in [0.15, 0.2) is 10.5 Å². The predicted octanol–water partition coefficient (Wildman–Crippen LogP) is 4.98. The summed E-state index contributed by atoms with van der Waals surface area (Å²) in [5.41, 5.74) is 2.55. The van der Waals surface area contributed by atoms with E-state index < -0.39 is 0 Å². The van der Waals surface area contributed by atoms with Crippen molar-refractivity contribution in [2.24, 2.45) is 0 Å². The fraction of sp³-hybridized carbons (Fsp3) is 0.500. The Morgan fingerprint density at radius 3 is 2.79 bits per heavy atom. The number of halogens is 2. The first-order chi connectivity index (χ1) is 9.04. The lowest BCUT2D eigenvalue weighted by Gasteiger charge is -2.21. The number of anilines is 1. The number of hydrogen-bond acceptors (Lipinski definition) is 3. The van der Waals surface area contributed by atoms with Crippen LogP contribution in [-0.2, 0) is 4.74 Å². The highest BCUT2D eigenvalue weighted by Gasteiger charge is 2.14. The largest absolute Gasteiger partial charge is 0.362 e. The SMILES string of the molecule is CCCCC(Nc1cc(Cl)c(C)c(Br)c1C=N)OC. The Hall–Kier alpha value is -0.580. The normalized spacial score (nSPS) is 12.3. The van der Waals surface area contributed by atoms with Gasteiger partial charge in [-0.3, -0.25) is 0 Å². The van der Waals surface area contributed by atoms with E-state index in [1.54, 1.807) is 7.11 Å². The van der Waals surface area contributed by atoms with Crippen molar-refractivity contribution in [1.29, 1.82) is 5.41 Å². The molecule has 3 nitrogen and oxygen atoms in total. The van der Waals surface area contributed by atoms with Crippen molar-refractivity contribution >= 4 is 39.4 Å². The molecule has 1 unspecified atom stereocenters. The number of rotatable bonds is 7. The van der Waals surface area contributed by atoms with Crippen molar-refractivity contribution in [3.8, 4) is 0 Å². The smallest absolute Gasteiger partial charge is 0.127 e. The Balaban J connectivity index is 3.02. The van der Waals surface area contributed by atoms with Crippen LogP contribution in [0.2, 0.25) is 5.02 Å². The molecule has 0 aliphatic heterocycles. The van der Waals surface area contributed by atoms with Gasteiger partial charge in [-0.1, -0.05) is 24.9 Å². The van der Waals surface area contributed by atoms with E-state index in [1.165, 1.54) is 6.21 Å². The summed E-state index contributed by atoms with van der Waals surface area (Å²) in [4.78, 5) is 0. The lowest BCUT2D eigenvalue weighted by atomic mass is 10.1. The lowest BCUT2D eigenvalue weighted by molar-refractivity contribution is 0.116. The molecule has 0 bridgehead atoms. The van der Waals surface area contributed by atoms with Crippen molar-refractivity contribution in [1.82, 2.24) is 0 Å². The first kappa shape index (κ1) is 16.5. The average molecular weight is 348 g/mol. The van der Waals surface area contributed by atoms with Gasteiger partial charge in [-0.15, -0.1) is 0 Å². The Labute approximate surface area is 128 Å². The molecule has 5 heteroatoms. The fourth-order valence-corrected chi connectivity index (χ4v) is 2.67. The fourth-order valence-electron chi connectivity index (χ4n) is 1.81. The molecule has 0 saturated heterocycles. The van der Waals surface area contributed by atoms with Crippen LogP contribution in [0.4, 0.5) is 5.69 Å². The number of methoxy groups -OCH3 is 1. The maximum Gasteiger partial charge on any atom is 0.127 e. The molecule has 0 aliphatic carbocycles. The molecule has 0 heterocycles. The van der Waals surface area contributed by atoms with Crippen LogP contribution in [0.25, 0.3) is 0 Å². The van der Waals surface area contributed by atoms with Gasteiger partial charge in [0.05, 0.1) is 0 Å². The molecule has 1 atom stereocenters. The molecule has 0 radical (unpaired) electrons. The summed E-state index contributed by atoms with van der Waals surface area (Å²) in [5.74, 6) is 0. The number of benzene rings is 1. The molecule has 0 saturated carbocycles. The van der Waals surface area contributed by atoms with Crippen molar-refractivity contribution in [3.63, 3.8) is 0 Å². The summed E-state index contributed by atoms with van der Waals surface area (Å²) >= 11 is 9.68. The number of ether oxygens (including phenoxy) is 1. The molecule has 1 aromatic rings. The van der Waals surface area contributed by atoms with Crippen molar-refractivity contribution in [2.45, 2.75) is 39.3 Å². The monoisotopic (exact) mass is 346 g/mol. The highest BCUT2D eigenvalue weighted by molar-refractivity contribution is 9.10. The summed E-state index contributed by atoms with van der Waals surface area (Å²) in [6, 6.07) is 1.85. The van der Waals surface area contributed by atoms with E-state index in [0.29, 0.717) is 5.02 Å². The second-order valence-electron chi connectivity index (χ2n) is 4.41. The van der Waals surface area contributed by atoms with E-state index in [9.17, 15) is 0 Å². The molecule has 1 aromatic carbocycles. The predicted molar refractivity (Wildman–Crippen MR) is 85.7 cm³/mol. The van der Waals surface area contributed by atoms with Crippen LogP contribution in [0.3, 0.4) is 0 Å². The van der Waals surface area contributed by atoms with E-state index in [1.807, 2.05) is 13.0 Å². The van der Waals surface area contributed by atoms with Crippen LogP contribution in [0.5, 0.6) is 0 Å². The summed E-state index contributed by atoms with van der Waals surface area (Å²) in [6.45, 7) is 4.07. The van der Waals surface area contributed by atoms with Gasteiger partial charge in [0.25, 0.3) is 0 Å². The second-order valence-corrected chi connectivity index (χ2v) is 5.61. The van der Waals surface area contributed by atoms with Crippen LogP contribution >= 0.6 is 27.5 Å². The van der Waals surface area contributed by atoms with E-state index >= 15 is 0 Å². The van der Waals surface area contributed by atoms with E-state index in [2.05, 4.69) is 28.2 Å². The topological polar surface area (TPSA) is 45.1 Å². The quantitative estimate of drug-likeness (QED) is 0.539. The molecule has 0 amide bonds. The molecular formula is C14H20BrClN2O. The summed E-state index contributed by atoms with van der Waals surface area (Å²) in [5, 5.41) is 11.5. The van der Waals surface area contributed by atoms with Crippen LogP contribution in [0.1, 0.15) is 37.3 Å². The molecule has 0 spiro atoms. The second kappa shape index (κ2) is 7.88. The summed E-state index contributed by atoms with van der Waals surface area (Å²) in [7, 11) is 1.68. The Bertz CT molecular complexity index is 452. The van der Waals surface area contributed by atoms with Gasteiger partial charge < -0.3 is 15.5 Å². The molecule has 0 aliphatic rings. The third-order valence-corrected chi connectivity index (χ3v) is 4.46. The standard InChI is InChI=1S/C14H20BrClN2O/c1-4-5-6-13(19-3)18-12-7-11(16)9(2)14(15)10(12)8-17/h7-8,13,17-18H,4-6H2,1-3H3. The zero-order valence-corrected chi connectivity index (χ0v) is 13.9. The molecule has 0 fully saturated rings. The molecular weight excluding hydrogens is 328 g/mol. The maximum atomic E-state index is 7.55. The van der Waals surface area contributed by atoms with Gasteiger partial charge in [-0.25, -0.2) is 0 Å². The van der Waals surface area contributed by atoms with Gasteiger partial charge in [-0.2, -0.15) is 0 Å². The molecule has 106 valence electrons. The van der Waals surface area contributed by atoms with Gasteiger partial charge in [0.2, 0.25) is 0 Å². The first-order valence-corrected chi connectivity index (χ1v) is 7.50. The zero-order chi connectivity index (χ0) is 14.4. The minimum atomic E-state index is -0.0654. The van der Waals surface area contributed by atoms with Gasteiger partial charge >= 0.3 is 0 Å². The third-order valence-electron chi connectivity index (χ3n) is 3.05. The first-order valence-electron chi connectivity index (χ1n) is 6.33. The highest BCUT2D eigenvalue weighted by atomic mass is 79.9. The highest BCUT2D eigenvalue weighted by Crippen LogP contribution is 2.33.